The average Bonchev–Trinajstić information content (AvgIpc) is 2.96. The first-order valence-electron chi connectivity index (χ1n) is 12.0. The molecule has 36 heavy (non-hydrogen) atoms. The molecule has 1 N–H and O–H groups in total. The van der Waals surface area contributed by atoms with Crippen molar-refractivity contribution in [1.29, 1.82) is 0 Å². The molecular formula is C33H27NO2. The van der Waals surface area contributed by atoms with E-state index in [1.54, 1.807) is 0 Å². The number of carbonyl (C=O) groups excluding carboxylic acids is 1. The zero-order valence-corrected chi connectivity index (χ0v) is 19.9. The number of amides is 1. The van der Waals surface area contributed by atoms with Gasteiger partial charge in [0, 0.05) is 6.54 Å². The fourth-order valence-corrected chi connectivity index (χ4v) is 4.14. The van der Waals surface area contributed by atoms with Crippen molar-refractivity contribution in [3.05, 3.63) is 150 Å². The molecule has 5 aromatic carbocycles. The van der Waals surface area contributed by atoms with Gasteiger partial charge in [-0.25, -0.2) is 0 Å². The van der Waals surface area contributed by atoms with Gasteiger partial charge in [0.2, 0.25) is 0 Å². The summed E-state index contributed by atoms with van der Waals surface area (Å²) >= 11 is 0. The Kier molecular flexibility index (Phi) is 7.19. The molecule has 1 amide bonds. The quantitative estimate of drug-likeness (QED) is 0.255. The number of carbonyl (C=O) groups is 1. The molecule has 0 aliphatic carbocycles. The van der Waals surface area contributed by atoms with Crippen LogP contribution in [0.4, 0.5) is 0 Å². The Balaban J connectivity index is 1.42. The smallest absolute Gasteiger partial charge is 0.252 e. The zero-order chi connectivity index (χ0) is 24.6. The Morgan fingerprint density at radius 3 is 1.81 bits per heavy atom. The number of nitrogens with one attached hydrogen (secondary N) is 1. The molecule has 0 fully saturated rings. The molecule has 3 heteroatoms. The molecule has 0 saturated carbocycles. The van der Waals surface area contributed by atoms with E-state index in [-0.39, 0.29) is 5.91 Å². The largest absolute Gasteiger partial charge is 0.489 e. The van der Waals surface area contributed by atoms with E-state index in [1.165, 1.54) is 0 Å². The molecule has 0 bridgehead atoms. The Labute approximate surface area is 212 Å². The molecule has 0 atom stereocenters. The predicted molar refractivity (Wildman–Crippen MR) is 146 cm³/mol. The second kappa shape index (κ2) is 11.2. The molecule has 0 unspecified atom stereocenters. The van der Waals surface area contributed by atoms with Gasteiger partial charge in [-0.3, -0.25) is 4.79 Å². The zero-order valence-electron chi connectivity index (χ0n) is 19.9. The summed E-state index contributed by atoms with van der Waals surface area (Å²) < 4.78 is 6.03. The first-order valence-corrected chi connectivity index (χ1v) is 12.0. The maximum absolute atomic E-state index is 13.4. The van der Waals surface area contributed by atoms with Crippen molar-refractivity contribution in [2.45, 2.75) is 13.2 Å². The minimum Gasteiger partial charge on any atom is -0.489 e. The van der Waals surface area contributed by atoms with E-state index in [0.29, 0.717) is 24.5 Å². The molecule has 0 aliphatic rings. The lowest BCUT2D eigenvalue weighted by atomic mass is 9.96. The van der Waals surface area contributed by atoms with Crippen LogP contribution in [-0.2, 0) is 13.2 Å². The molecule has 0 aromatic heterocycles. The minimum atomic E-state index is -0.133. The van der Waals surface area contributed by atoms with Crippen LogP contribution in [0, 0.1) is 0 Å². The normalized spacial score (nSPS) is 10.6. The lowest BCUT2D eigenvalue weighted by molar-refractivity contribution is 0.0951. The summed E-state index contributed by atoms with van der Waals surface area (Å²) in [5.41, 5.74) is 6.86. The second-order valence-corrected chi connectivity index (χ2v) is 8.59. The van der Waals surface area contributed by atoms with Crippen LogP contribution in [-0.4, -0.2) is 5.91 Å². The summed E-state index contributed by atoms with van der Waals surface area (Å²) in [5.74, 6) is 0.527. The van der Waals surface area contributed by atoms with Crippen LogP contribution in [0.3, 0.4) is 0 Å². The molecular weight excluding hydrogens is 442 g/mol. The first-order chi connectivity index (χ1) is 17.8. The summed E-state index contributed by atoms with van der Waals surface area (Å²) in [4.78, 5) is 13.4. The van der Waals surface area contributed by atoms with Crippen molar-refractivity contribution in [3.8, 4) is 28.0 Å². The predicted octanol–water partition coefficient (Wildman–Crippen LogP) is 7.53. The minimum absolute atomic E-state index is 0.133. The highest BCUT2D eigenvalue weighted by Gasteiger charge is 2.15. The van der Waals surface area contributed by atoms with Crippen LogP contribution in [0.15, 0.2) is 133 Å². The van der Waals surface area contributed by atoms with Gasteiger partial charge in [-0.1, -0.05) is 115 Å². The van der Waals surface area contributed by atoms with Crippen molar-refractivity contribution in [1.82, 2.24) is 5.32 Å². The van der Waals surface area contributed by atoms with Crippen molar-refractivity contribution in [3.63, 3.8) is 0 Å². The molecule has 3 nitrogen and oxygen atoms in total. The molecule has 5 aromatic rings. The van der Waals surface area contributed by atoms with E-state index < -0.39 is 0 Å². The Bertz CT molecular complexity index is 1410. The average molecular weight is 470 g/mol. The second-order valence-electron chi connectivity index (χ2n) is 8.59. The van der Waals surface area contributed by atoms with E-state index in [0.717, 1.165) is 33.4 Å². The van der Waals surface area contributed by atoms with Gasteiger partial charge in [-0.05, 0) is 51.6 Å². The molecule has 0 radical (unpaired) electrons. The van der Waals surface area contributed by atoms with E-state index in [2.05, 4.69) is 41.7 Å². The van der Waals surface area contributed by atoms with Crippen molar-refractivity contribution >= 4 is 5.91 Å². The van der Waals surface area contributed by atoms with Crippen LogP contribution < -0.4 is 10.1 Å². The van der Waals surface area contributed by atoms with Gasteiger partial charge < -0.3 is 10.1 Å². The summed E-state index contributed by atoms with van der Waals surface area (Å²) in [6, 6.07) is 44.2. The third kappa shape index (κ3) is 5.70. The van der Waals surface area contributed by atoms with Crippen molar-refractivity contribution in [2.75, 3.05) is 0 Å². The van der Waals surface area contributed by atoms with Crippen LogP contribution in [0.5, 0.6) is 5.75 Å². The molecule has 5 rings (SSSR count). The van der Waals surface area contributed by atoms with Gasteiger partial charge in [0.1, 0.15) is 12.4 Å². The summed E-state index contributed by atoms with van der Waals surface area (Å²) in [5, 5.41) is 3.07. The molecule has 0 aliphatic heterocycles. The molecule has 0 heterocycles. The first kappa shape index (κ1) is 23.1. The number of rotatable bonds is 8. The van der Waals surface area contributed by atoms with Gasteiger partial charge >= 0.3 is 0 Å². The van der Waals surface area contributed by atoms with Gasteiger partial charge in [0.25, 0.3) is 5.91 Å². The van der Waals surface area contributed by atoms with Crippen LogP contribution in [0.2, 0.25) is 0 Å². The van der Waals surface area contributed by atoms with Gasteiger partial charge in [-0.15, -0.1) is 0 Å². The number of hydrogen-bond acceptors (Lipinski definition) is 2. The highest BCUT2D eigenvalue weighted by Crippen LogP contribution is 2.30. The third-order valence-corrected chi connectivity index (χ3v) is 6.08. The highest BCUT2D eigenvalue weighted by molar-refractivity contribution is 6.01. The van der Waals surface area contributed by atoms with Gasteiger partial charge in [-0.2, -0.15) is 0 Å². The number of benzene rings is 5. The maximum atomic E-state index is 13.4. The van der Waals surface area contributed by atoms with Crippen molar-refractivity contribution in [2.24, 2.45) is 0 Å². The lowest BCUT2D eigenvalue weighted by Crippen LogP contribution is -2.23. The number of hydrogen-bond donors (Lipinski definition) is 1. The van der Waals surface area contributed by atoms with Gasteiger partial charge in [0.15, 0.2) is 0 Å². The van der Waals surface area contributed by atoms with E-state index in [4.69, 9.17) is 4.74 Å². The lowest BCUT2D eigenvalue weighted by Gasteiger charge is -2.14. The fraction of sp³-hybridized carbons (Fsp3) is 0.0606. The molecule has 0 saturated heterocycles. The van der Waals surface area contributed by atoms with Crippen LogP contribution in [0.25, 0.3) is 22.3 Å². The monoisotopic (exact) mass is 469 g/mol. The van der Waals surface area contributed by atoms with Crippen LogP contribution in [0.1, 0.15) is 21.5 Å². The van der Waals surface area contributed by atoms with Crippen LogP contribution >= 0.6 is 0 Å². The van der Waals surface area contributed by atoms with Crippen molar-refractivity contribution < 1.29 is 9.53 Å². The fourth-order valence-electron chi connectivity index (χ4n) is 4.14. The Morgan fingerprint density at radius 1 is 0.583 bits per heavy atom. The highest BCUT2D eigenvalue weighted by atomic mass is 16.5. The standard InChI is InChI=1S/C33H27NO2/c35-33(34-23-25-10-4-1-5-11-25)32-22-30(36-24-26-12-6-2-7-13-26)20-21-31(32)29-18-16-28(17-19-29)27-14-8-3-9-15-27/h1-22H,23-24H2,(H,34,35). The topological polar surface area (TPSA) is 38.3 Å². The third-order valence-electron chi connectivity index (χ3n) is 6.08. The van der Waals surface area contributed by atoms with E-state index in [9.17, 15) is 4.79 Å². The molecule has 176 valence electrons. The van der Waals surface area contributed by atoms with E-state index >= 15 is 0 Å². The Hall–Kier alpha value is -4.63. The number of ether oxygens (including phenoxy) is 1. The maximum Gasteiger partial charge on any atom is 0.252 e. The molecule has 0 spiro atoms. The Morgan fingerprint density at radius 2 is 1.14 bits per heavy atom. The summed E-state index contributed by atoms with van der Waals surface area (Å²) in [6.07, 6.45) is 0. The van der Waals surface area contributed by atoms with E-state index in [1.807, 2.05) is 97.1 Å². The summed E-state index contributed by atoms with van der Waals surface area (Å²) in [6.45, 7) is 0.901. The SMILES string of the molecule is O=C(NCc1ccccc1)c1cc(OCc2ccccc2)ccc1-c1ccc(-c2ccccc2)cc1. The summed E-state index contributed by atoms with van der Waals surface area (Å²) in [7, 11) is 0. The van der Waals surface area contributed by atoms with Gasteiger partial charge in [0.05, 0.1) is 5.56 Å².